The van der Waals surface area contributed by atoms with Gasteiger partial charge < -0.3 is 21.5 Å². The lowest BCUT2D eigenvalue weighted by Crippen LogP contribution is -2.38. The van der Waals surface area contributed by atoms with E-state index in [-0.39, 0.29) is 25.0 Å². The van der Waals surface area contributed by atoms with Gasteiger partial charge in [0.15, 0.2) is 6.61 Å². The van der Waals surface area contributed by atoms with Crippen molar-refractivity contribution in [1.82, 2.24) is 5.32 Å². The Labute approximate surface area is 105 Å². The molecule has 0 spiro atoms. The molecule has 0 saturated heterocycles. The van der Waals surface area contributed by atoms with Crippen LogP contribution in [0.1, 0.15) is 13.3 Å². The summed E-state index contributed by atoms with van der Waals surface area (Å²) in [6, 6.07) is 6.42. The first-order valence-electron chi connectivity index (χ1n) is 5.53. The van der Waals surface area contributed by atoms with Crippen LogP contribution in [0.15, 0.2) is 24.3 Å². The Balaban J connectivity index is 2.32. The van der Waals surface area contributed by atoms with E-state index in [1.165, 1.54) is 0 Å². The van der Waals surface area contributed by atoms with E-state index >= 15 is 0 Å². The zero-order valence-corrected chi connectivity index (χ0v) is 10.2. The predicted octanol–water partition coefficient (Wildman–Crippen LogP) is 0.0277. The van der Waals surface area contributed by atoms with Gasteiger partial charge in [-0.2, -0.15) is 0 Å². The summed E-state index contributed by atoms with van der Waals surface area (Å²) in [5.74, 6) is -0.204. The topological polar surface area (TPSA) is 107 Å². The summed E-state index contributed by atoms with van der Waals surface area (Å²) in [4.78, 5) is 22.1. The zero-order chi connectivity index (χ0) is 13.5. The van der Waals surface area contributed by atoms with E-state index in [9.17, 15) is 9.59 Å². The van der Waals surface area contributed by atoms with Gasteiger partial charge in [-0.1, -0.05) is 0 Å². The highest BCUT2D eigenvalue weighted by atomic mass is 16.5. The minimum atomic E-state index is -0.456. The summed E-state index contributed by atoms with van der Waals surface area (Å²) in [6.07, 6.45) is 0.105. The molecule has 0 heterocycles. The van der Waals surface area contributed by atoms with Crippen LogP contribution in [-0.2, 0) is 9.59 Å². The average molecular weight is 251 g/mol. The van der Waals surface area contributed by atoms with Gasteiger partial charge in [-0.15, -0.1) is 0 Å². The zero-order valence-electron chi connectivity index (χ0n) is 10.2. The van der Waals surface area contributed by atoms with Crippen molar-refractivity contribution in [2.24, 2.45) is 5.73 Å². The Morgan fingerprint density at radius 1 is 1.33 bits per heavy atom. The molecular formula is C12H17N3O3. The molecule has 18 heavy (non-hydrogen) atoms. The highest BCUT2D eigenvalue weighted by molar-refractivity contribution is 5.79. The van der Waals surface area contributed by atoms with Gasteiger partial charge in [0.2, 0.25) is 5.91 Å². The van der Waals surface area contributed by atoms with E-state index in [4.69, 9.17) is 16.2 Å². The van der Waals surface area contributed by atoms with Gasteiger partial charge in [-0.05, 0) is 31.2 Å². The Bertz CT molecular complexity index is 417. The lowest BCUT2D eigenvalue weighted by Gasteiger charge is -2.12. The SMILES string of the molecule is CC(CC(N)=O)NC(=O)COc1ccc(N)cc1. The van der Waals surface area contributed by atoms with Crippen molar-refractivity contribution in [3.8, 4) is 5.75 Å². The number of amides is 2. The molecule has 0 saturated carbocycles. The Hall–Kier alpha value is -2.24. The third-order valence-electron chi connectivity index (χ3n) is 2.16. The fourth-order valence-electron chi connectivity index (χ4n) is 1.38. The standard InChI is InChI=1S/C12H17N3O3/c1-8(6-11(14)16)15-12(17)7-18-10-4-2-9(13)3-5-10/h2-5,8H,6-7,13H2,1H3,(H2,14,16)(H,15,17). The number of nitrogens with two attached hydrogens (primary N) is 2. The lowest BCUT2D eigenvalue weighted by atomic mass is 10.2. The monoisotopic (exact) mass is 251 g/mol. The van der Waals surface area contributed by atoms with E-state index in [1.807, 2.05) is 0 Å². The maximum absolute atomic E-state index is 11.5. The van der Waals surface area contributed by atoms with Crippen LogP contribution in [0.4, 0.5) is 5.69 Å². The van der Waals surface area contributed by atoms with Gasteiger partial charge in [0.1, 0.15) is 5.75 Å². The maximum atomic E-state index is 11.5. The summed E-state index contributed by atoms with van der Waals surface area (Å²) >= 11 is 0. The molecule has 6 nitrogen and oxygen atoms in total. The molecule has 0 aliphatic rings. The highest BCUT2D eigenvalue weighted by Crippen LogP contribution is 2.12. The van der Waals surface area contributed by atoms with Crippen LogP contribution in [-0.4, -0.2) is 24.5 Å². The molecule has 0 fully saturated rings. The number of benzene rings is 1. The average Bonchev–Trinajstić information content (AvgIpc) is 2.27. The molecule has 1 unspecified atom stereocenters. The number of rotatable bonds is 6. The first-order valence-corrected chi connectivity index (χ1v) is 5.53. The molecule has 0 bridgehead atoms. The smallest absolute Gasteiger partial charge is 0.258 e. The number of nitrogen functional groups attached to an aromatic ring is 1. The summed E-state index contributed by atoms with van der Waals surface area (Å²) < 4.78 is 5.24. The number of ether oxygens (including phenoxy) is 1. The highest BCUT2D eigenvalue weighted by Gasteiger charge is 2.10. The Kier molecular flexibility index (Phi) is 4.98. The molecule has 0 aliphatic heterocycles. The molecular weight excluding hydrogens is 234 g/mol. The van der Waals surface area contributed by atoms with Gasteiger partial charge in [0, 0.05) is 18.2 Å². The molecule has 0 aromatic heterocycles. The minimum absolute atomic E-state index is 0.105. The fraction of sp³-hybridized carbons (Fsp3) is 0.333. The molecule has 5 N–H and O–H groups in total. The summed E-state index contributed by atoms with van der Waals surface area (Å²) in [5.41, 5.74) is 11.2. The van der Waals surface area contributed by atoms with Crippen LogP contribution in [0, 0.1) is 0 Å². The van der Waals surface area contributed by atoms with E-state index in [1.54, 1.807) is 31.2 Å². The summed E-state index contributed by atoms with van der Waals surface area (Å²) in [7, 11) is 0. The van der Waals surface area contributed by atoms with Crippen molar-refractivity contribution in [3.63, 3.8) is 0 Å². The van der Waals surface area contributed by atoms with Crippen LogP contribution >= 0.6 is 0 Å². The number of carbonyl (C=O) groups excluding carboxylic acids is 2. The van der Waals surface area contributed by atoms with Crippen molar-refractivity contribution in [2.45, 2.75) is 19.4 Å². The second-order valence-corrected chi connectivity index (χ2v) is 4.00. The largest absolute Gasteiger partial charge is 0.484 e. The Morgan fingerprint density at radius 2 is 1.94 bits per heavy atom. The molecule has 0 aliphatic carbocycles. The van der Waals surface area contributed by atoms with Gasteiger partial charge in [0.25, 0.3) is 5.91 Å². The minimum Gasteiger partial charge on any atom is -0.484 e. The third kappa shape index (κ3) is 5.20. The third-order valence-corrected chi connectivity index (χ3v) is 2.16. The summed E-state index contributed by atoms with van der Waals surface area (Å²) in [5, 5.41) is 2.60. The van der Waals surface area contributed by atoms with E-state index in [2.05, 4.69) is 5.32 Å². The van der Waals surface area contributed by atoms with Crippen LogP contribution in [0.3, 0.4) is 0 Å². The van der Waals surface area contributed by atoms with Crippen LogP contribution in [0.2, 0.25) is 0 Å². The molecule has 2 amide bonds. The van der Waals surface area contributed by atoms with Crippen LogP contribution < -0.4 is 21.5 Å². The van der Waals surface area contributed by atoms with Crippen molar-refractivity contribution >= 4 is 17.5 Å². The number of anilines is 1. The molecule has 0 radical (unpaired) electrons. The van der Waals surface area contributed by atoms with Gasteiger partial charge in [0.05, 0.1) is 0 Å². The lowest BCUT2D eigenvalue weighted by molar-refractivity contribution is -0.124. The molecule has 1 aromatic rings. The van der Waals surface area contributed by atoms with Crippen molar-refractivity contribution in [1.29, 1.82) is 0 Å². The number of nitrogens with one attached hydrogen (secondary N) is 1. The number of primary amides is 1. The second kappa shape index (κ2) is 6.48. The maximum Gasteiger partial charge on any atom is 0.258 e. The van der Waals surface area contributed by atoms with Gasteiger partial charge in [-0.3, -0.25) is 9.59 Å². The predicted molar refractivity (Wildman–Crippen MR) is 67.8 cm³/mol. The van der Waals surface area contributed by atoms with E-state index < -0.39 is 5.91 Å². The Morgan fingerprint density at radius 3 is 2.50 bits per heavy atom. The number of carbonyl (C=O) groups is 2. The molecule has 98 valence electrons. The normalized spacial score (nSPS) is 11.6. The molecule has 1 atom stereocenters. The van der Waals surface area contributed by atoms with Gasteiger partial charge in [-0.25, -0.2) is 0 Å². The quantitative estimate of drug-likeness (QED) is 0.620. The number of hydrogen-bond acceptors (Lipinski definition) is 4. The van der Waals surface area contributed by atoms with Crippen molar-refractivity contribution in [3.05, 3.63) is 24.3 Å². The molecule has 6 heteroatoms. The first-order chi connectivity index (χ1) is 8.47. The fourth-order valence-corrected chi connectivity index (χ4v) is 1.38. The van der Waals surface area contributed by atoms with E-state index in [0.717, 1.165) is 0 Å². The second-order valence-electron chi connectivity index (χ2n) is 4.00. The summed E-state index contributed by atoms with van der Waals surface area (Å²) in [6.45, 7) is 1.58. The molecule has 1 aromatic carbocycles. The number of hydrogen-bond donors (Lipinski definition) is 3. The van der Waals surface area contributed by atoms with Gasteiger partial charge >= 0.3 is 0 Å². The van der Waals surface area contributed by atoms with Crippen LogP contribution in [0.5, 0.6) is 5.75 Å². The van der Waals surface area contributed by atoms with Crippen molar-refractivity contribution in [2.75, 3.05) is 12.3 Å². The van der Waals surface area contributed by atoms with E-state index in [0.29, 0.717) is 11.4 Å². The first kappa shape index (κ1) is 13.8. The van der Waals surface area contributed by atoms with Crippen molar-refractivity contribution < 1.29 is 14.3 Å². The van der Waals surface area contributed by atoms with Crippen LogP contribution in [0.25, 0.3) is 0 Å². The molecule has 1 rings (SSSR count).